The summed E-state index contributed by atoms with van der Waals surface area (Å²) in [5.74, 6) is 1.37. The van der Waals surface area contributed by atoms with Crippen LogP contribution in [0.25, 0.3) is 42.8 Å². The number of nitrogens with one attached hydrogen (secondary N) is 1. The van der Waals surface area contributed by atoms with Crippen LogP contribution in [0.15, 0.2) is 66.7 Å². The van der Waals surface area contributed by atoms with Gasteiger partial charge in [0.15, 0.2) is 0 Å². The molecule has 2 aromatic carbocycles. The zero-order valence-electron chi connectivity index (χ0n) is 19.4. The molecule has 6 rings (SSSR count). The van der Waals surface area contributed by atoms with Gasteiger partial charge in [-0.1, -0.05) is 60.7 Å². The summed E-state index contributed by atoms with van der Waals surface area (Å²) < 4.78 is 6.98. The van der Waals surface area contributed by atoms with Crippen LogP contribution in [-0.4, -0.2) is 47.7 Å². The van der Waals surface area contributed by atoms with Crippen LogP contribution < -0.4 is 15.0 Å². The zero-order valence-corrected chi connectivity index (χ0v) is 21.0. The van der Waals surface area contributed by atoms with Gasteiger partial charge in [-0.25, -0.2) is 9.97 Å². The average molecular weight is 504 g/mol. The molecule has 0 atom stereocenters. The molecule has 35 heavy (non-hydrogen) atoms. The van der Waals surface area contributed by atoms with Crippen molar-refractivity contribution < 1.29 is 4.74 Å². The van der Waals surface area contributed by atoms with Gasteiger partial charge in [-0.2, -0.15) is 4.98 Å². The number of ether oxygens (including phenoxy) is 1. The van der Waals surface area contributed by atoms with Crippen molar-refractivity contribution in [3.05, 3.63) is 66.7 Å². The number of rotatable bonds is 5. The van der Waals surface area contributed by atoms with E-state index in [1.807, 2.05) is 31.2 Å². The molecule has 5 aromatic rings. The number of anilines is 1. The molecule has 0 aliphatic carbocycles. The first-order valence-electron chi connectivity index (χ1n) is 11.7. The molecule has 1 N–H and O–H groups in total. The molecule has 178 valence electrons. The molecule has 0 spiro atoms. The number of thiophene rings is 1. The normalized spacial score (nSPS) is 13.7. The largest absolute Gasteiger partial charge is 0.477 e. The summed E-state index contributed by atoms with van der Waals surface area (Å²) in [4.78, 5) is 18.2. The molecule has 0 saturated carbocycles. The maximum atomic E-state index is 6.03. The fraction of sp³-hybridized carbons (Fsp3) is 0.222. The molecular formula is C27H26ClN5OS. The average Bonchev–Trinajstić information content (AvgIpc) is 3.29. The molecule has 4 heterocycles. The fourth-order valence-electron chi connectivity index (χ4n) is 4.44. The van der Waals surface area contributed by atoms with Crippen LogP contribution in [0.1, 0.15) is 6.92 Å². The van der Waals surface area contributed by atoms with Gasteiger partial charge >= 0.3 is 0 Å². The Morgan fingerprint density at radius 3 is 2.29 bits per heavy atom. The molecule has 1 saturated heterocycles. The molecule has 1 fully saturated rings. The van der Waals surface area contributed by atoms with Gasteiger partial charge in [0.05, 0.1) is 12.3 Å². The first-order chi connectivity index (χ1) is 16.8. The molecule has 0 unspecified atom stereocenters. The van der Waals surface area contributed by atoms with Crippen LogP contribution in [0.4, 0.5) is 5.95 Å². The van der Waals surface area contributed by atoms with Gasteiger partial charge in [0, 0.05) is 37.1 Å². The summed E-state index contributed by atoms with van der Waals surface area (Å²) in [7, 11) is 0. The Hall–Kier alpha value is -3.26. The van der Waals surface area contributed by atoms with Crippen molar-refractivity contribution in [2.75, 3.05) is 37.7 Å². The van der Waals surface area contributed by atoms with Crippen LogP contribution in [0.2, 0.25) is 0 Å². The van der Waals surface area contributed by atoms with E-state index in [-0.39, 0.29) is 12.4 Å². The second kappa shape index (κ2) is 10.2. The minimum Gasteiger partial charge on any atom is -0.477 e. The third kappa shape index (κ3) is 4.43. The Labute approximate surface area is 214 Å². The third-order valence-electron chi connectivity index (χ3n) is 6.08. The first kappa shape index (κ1) is 23.5. The number of fused-ring (bicyclic) bond motifs is 3. The van der Waals surface area contributed by atoms with Gasteiger partial charge in [-0.3, -0.25) is 0 Å². The van der Waals surface area contributed by atoms with E-state index in [9.17, 15) is 0 Å². The summed E-state index contributed by atoms with van der Waals surface area (Å²) in [5, 5.41) is 4.46. The molecule has 0 bridgehead atoms. The summed E-state index contributed by atoms with van der Waals surface area (Å²) in [6, 6.07) is 23.0. The van der Waals surface area contributed by atoms with Gasteiger partial charge in [0.2, 0.25) is 11.8 Å². The number of hydrogen-bond acceptors (Lipinski definition) is 7. The first-order valence-corrected chi connectivity index (χ1v) is 12.5. The van der Waals surface area contributed by atoms with E-state index in [2.05, 4.69) is 52.7 Å². The summed E-state index contributed by atoms with van der Waals surface area (Å²) >= 11 is 1.61. The molecule has 1 aliphatic heterocycles. The monoisotopic (exact) mass is 503 g/mol. The maximum absolute atomic E-state index is 6.03. The Kier molecular flexibility index (Phi) is 6.81. The summed E-state index contributed by atoms with van der Waals surface area (Å²) in [6.45, 7) is 6.14. The van der Waals surface area contributed by atoms with E-state index in [1.165, 1.54) is 0 Å². The van der Waals surface area contributed by atoms with E-state index in [0.717, 1.165) is 74.9 Å². The minimum atomic E-state index is 0. The topological polar surface area (TPSA) is 63.2 Å². The Morgan fingerprint density at radius 1 is 0.914 bits per heavy atom. The smallest absolute Gasteiger partial charge is 0.236 e. The van der Waals surface area contributed by atoms with Crippen LogP contribution in [0.3, 0.4) is 0 Å². The molecule has 1 aliphatic rings. The highest BCUT2D eigenvalue weighted by Crippen LogP contribution is 2.43. The van der Waals surface area contributed by atoms with Gasteiger partial charge in [0.1, 0.15) is 15.0 Å². The van der Waals surface area contributed by atoms with Crippen molar-refractivity contribution in [2.45, 2.75) is 6.92 Å². The lowest BCUT2D eigenvalue weighted by atomic mass is 10.00. The number of piperazine rings is 1. The van der Waals surface area contributed by atoms with Crippen LogP contribution in [0.5, 0.6) is 5.88 Å². The third-order valence-corrected chi connectivity index (χ3v) is 7.14. The second-order valence-corrected chi connectivity index (χ2v) is 9.24. The van der Waals surface area contributed by atoms with Crippen molar-refractivity contribution in [2.24, 2.45) is 0 Å². The van der Waals surface area contributed by atoms with Crippen LogP contribution in [-0.2, 0) is 0 Å². The van der Waals surface area contributed by atoms with Crippen molar-refractivity contribution in [3.8, 4) is 28.3 Å². The van der Waals surface area contributed by atoms with Crippen molar-refractivity contribution >= 4 is 50.1 Å². The van der Waals surface area contributed by atoms with E-state index < -0.39 is 0 Å². The number of pyridine rings is 1. The highest BCUT2D eigenvalue weighted by molar-refractivity contribution is 7.25. The quantitative estimate of drug-likeness (QED) is 0.327. The minimum absolute atomic E-state index is 0. The van der Waals surface area contributed by atoms with E-state index in [4.69, 9.17) is 19.7 Å². The van der Waals surface area contributed by atoms with Gasteiger partial charge in [0.25, 0.3) is 0 Å². The zero-order chi connectivity index (χ0) is 22.9. The second-order valence-electron chi connectivity index (χ2n) is 8.25. The maximum Gasteiger partial charge on any atom is 0.236 e. The Morgan fingerprint density at radius 2 is 1.60 bits per heavy atom. The highest BCUT2D eigenvalue weighted by Gasteiger charge is 2.23. The lowest BCUT2D eigenvalue weighted by Crippen LogP contribution is -2.44. The van der Waals surface area contributed by atoms with E-state index in [0.29, 0.717) is 12.5 Å². The number of nitrogens with zero attached hydrogens (tertiary/aromatic N) is 4. The Bertz CT molecular complexity index is 1450. The fourth-order valence-corrected chi connectivity index (χ4v) is 5.53. The lowest BCUT2D eigenvalue weighted by molar-refractivity contribution is 0.331. The van der Waals surface area contributed by atoms with Crippen LogP contribution >= 0.6 is 23.7 Å². The molecule has 8 heteroatoms. The summed E-state index contributed by atoms with van der Waals surface area (Å²) in [5.41, 5.74) is 5.23. The molecule has 0 radical (unpaired) electrons. The van der Waals surface area contributed by atoms with Crippen molar-refractivity contribution in [1.82, 2.24) is 20.3 Å². The number of halogens is 1. The predicted octanol–water partition coefficient (Wildman–Crippen LogP) is 5.80. The van der Waals surface area contributed by atoms with E-state index in [1.54, 1.807) is 11.3 Å². The number of hydrogen-bond donors (Lipinski definition) is 1. The molecule has 3 aromatic heterocycles. The standard InChI is InChI=1S/C27H25N5OS.ClH/c1-2-33-25-24-23(30-27(31-25)32-15-13-28-14-16-32)22-20(18-9-5-3-6-10-18)17-21(29-26(22)34-24)19-11-7-4-8-12-19;/h3-12,17,28H,2,13-16H2,1H3;1H. The predicted molar refractivity (Wildman–Crippen MR) is 147 cm³/mol. The summed E-state index contributed by atoms with van der Waals surface area (Å²) in [6.07, 6.45) is 0. The van der Waals surface area contributed by atoms with Gasteiger partial charge in [-0.05, 0) is 24.1 Å². The van der Waals surface area contributed by atoms with E-state index >= 15 is 0 Å². The molecular weight excluding hydrogens is 478 g/mol. The van der Waals surface area contributed by atoms with Crippen molar-refractivity contribution in [1.29, 1.82) is 0 Å². The Balaban J connectivity index is 0.00000253. The van der Waals surface area contributed by atoms with Crippen LogP contribution in [0, 0.1) is 0 Å². The van der Waals surface area contributed by atoms with Gasteiger partial charge in [-0.15, -0.1) is 23.7 Å². The van der Waals surface area contributed by atoms with Crippen molar-refractivity contribution in [3.63, 3.8) is 0 Å². The lowest BCUT2D eigenvalue weighted by Gasteiger charge is -2.27. The van der Waals surface area contributed by atoms with Gasteiger partial charge < -0.3 is 15.0 Å². The number of aromatic nitrogens is 3. The molecule has 6 nitrogen and oxygen atoms in total. The SMILES string of the molecule is CCOc1nc(N2CCNCC2)nc2c1sc1nc(-c3ccccc3)cc(-c3ccccc3)c12.Cl. The highest BCUT2D eigenvalue weighted by atomic mass is 35.5. The molecule has 0 amide bonds. The number of benzene rings is 2.